The summed E-state index contributed by atoms with van der Waals surface area (Å²) in [4.78, 5) is 0. The first-order valence-electron chi connectivity index (χ1n) is 2.80. The average molecular weight is 160 g/mol. The molecule has 48 valence electrons. The van der Waals surface area contributed by atoms with Gasteiger partial charge in [0.2, 0.25) is 0 Å². The van der Waals surface area contributed by atoms with Gasteiger partial charge < -0.3 is 0 Å². The van der Waals surface area contributed by atoms with Crippen molar-refractivity contribution in [1.82, 2.24) is 0 Å². The molecule has 1 rings (SSSR count). The summed E-state index contributed by atoms with van der Waals surface area (Å²) < 4.78 is 0. The third-order valence-electron chi connectivity index (χ3n) is 0.870. The van der Waals surface area contributed by atoms with Crippen LogP contribution in [0.3, 0.4) is 0 Å². The molecule has 0 radical (unpaired) electrons. The van der Waals surface area contributed by atoms with Crippen LogP contribution in [0.1, 0.15) is 0 Å². The zero-order valence-electron chi connectivity index (χ0n) is 5.03. The van der Waals surface area contributed by atoms with E-state index in [0.29, 0.717) is 0 Å². The van der Waals surface area contributed by atoms with E-state index in [1.54, 1.807) is 11.3 Å². The predicted molar refractivity (Wildman–Crippen MR) is 49.1 cm³/mol. The van der Waals surface area contributed by atoms with E-state index < -0.39 is 0 Å². The Kier molecular flexibility index (Phi) is 7.42. The summed E-state index contributed by atoms with van der Waals surface area (Å²) in [6, 6.07) is 12.1. The van der Waals surface area contributed by atoms with Gasteiger partial charge in [-0.2, -0.15) is 11.3 Å². The zero-order valence-corrected chi connectivity index (χ0v) is 5.84. The van der Waals surface area contributed by atoms with E-state index in [9.17, 15) is 0 Å². The Labute approximate surface area is 87.5 Å². The third-order valence-corrected chi connectivity index (χ3v) is 1.50. The quantitative estimate of drug-likeness (QED) is 0.510. The molecule has 0 N–H and O–H groups in total. The van der Waals surface area contributed by atoms with Crippen molar-refractivity contribution >= 4 is 40.9 Å². The minimum atomic E-state index is 0. The van der Waals surface area contributed by atoms with Gasteiger partial charge in [0, 0.05) is 0 Å². The molecule has 0 unspecified atom stereocenters. The van der Waals surface area contributed by atoms with E-state index in [2.05, 4.69) is 0 Å². The maximum atomic E-state index is 2.04. The van der Waals surface area contributed by atoms with Crippen molar-refractivity contribution in [2.75, 3.05) is 0 Å². The summed E-state index contributed by atoms with van der Waals surface area (Å²) in [6.07, 6.45) is 0. The molecule has 0 nitrogen and oxygen atoms in total. The van der Waals surface area contributed by atoms with Crippen LogP contribution in [0.2, 0.25) is 0 Å². The standard InChI is InChI=1S/C8H8S.Na.H/c1-2-4-6-8-9-7-5-3-1;;/h1-8H;;. The van der Waals surface area contributed by atoms with Gasteiger partial charge in [-0.15, -0.1) is 0 Å². The molecule has 1 aromatic heterocycles. The first-order chi connectivity index (χ1) is 4.50. The monoisotopic (exact) mass is 160 g/mol. The summed E-state index contributed by atoms with van der Waals surface area (Å²) >= 11 is 1.68. The normalized spacial score (nSPS) is 7.20. The van der Waals surface area contributed by atoms with Crippen molar-refractivity contribution in [2.24, 2.45) is 0 Å². The molecule has 1 aromatic rings. The molecule has 0 aliphatic heterocycles. The van der Waals surface area contributed by atoms with Gasteiger partial charge in [0.25, 0.3) is 0 Å². The van der Waals surface area contributed by atoms with Crippen LogP contribution in [0.5, 0.6) is 0 Å². The fourth-order valence-corrected chi connectivity index (χ4v) is 0.937. The van der Waals surface area contributed by atoms with E-state index in [1.165, 1.54) is 0 Å². The van der Waals surface area contributed by atoms with Crippen molar-refractivity contribution in [1.29, 1.82) is 0 Å². The van der Waals surface area contributed by atoms with Crippen LogP contribution < -0.4 is 0 Å². The maximum Gasteiger partial charge on any atom is -0.00937 e. The van der Waals surface area contributed by atoms with Crippen molar-refractivity contribution in [3.63, 3.8) is 0 Å². The zero-order chi connectivity index (χ0) is 6.36. The minimum absolute atomic E-state index is 0. The van der Waals surface area contributed by atoms with Gasteiger partial charge in [0.05, 0.1) is 0 Å². The molecule has 0 fully saturated rings. The van der Waals surface area contributed by atoms with Crippen molar-refractivity contribution in [3.8, 4) is 0 Å². The molecule has 0 aromatic carbocycles. The molecule has 2 heteroatoms. The fourth-order valence-electron chi connectivity index (χ4n) is 0.483. The summed E-state index contributed by atoms with van der Waals surface area (Å²) in [5, 5.41) is 4.08. The van der Waals surface area contributed by atoms with Crippen LogP contribution in [0, 0.1) is 0 Å². The molecule has 10 heavy (non-hydrogen) atoms. The maximum absolute atomic E-state index is 2.04. The Morgan fingerprint density at radius 1 is 0.600 bits per heavy atom. The van der Waals surface area contributed by atoms with Crippen molar-refractivity contribution in [2.45, 2.75) is 0 Å². The topological polar surface area (TPSA) is 0 Å². The molecule has 0 saturated heterocycles. The van der Waals surface area contributed by atoms with E-state index in [0.717, 1.165) is 0 Å². The Hall–Kier alpha value is 0.180. The number of hydrogen-bond acceptors (Lipinski definition) is 1. The second-order valence-corrected chi connectivity index (χ2v) is 2.38. The molecule has 0 aliphatic carbocycles. The number of rotatable bonds is 0. The Morgan fingerprint density at radius 3 is 1.50 bits per heavy atom. The third kappa shape index (κ3) is 5.00. The molecule has 0 amide bonds. The van der Waals surface area contributed by atoms with E-state index in [1.807, 2.05) is 47.2 Å². The fraction of sp³-hybridized carbons (Fsp3) is 0. The predicted octanol–water partition coefficient (Wildman–Crippen LogP) is 2.22. The Bertz CT molecular complexity index is 131. The molecular weight excluding hydrogens is 151 g/mol. The first-order valence-corrected chi connectivity index (χ1v) is 3.75. The summed E-state index contributed by atoms with van der Waals surface area (Å²) in [5.41, 5.74) is 0. The van der Waals surface area contributed by atoms with Gasteiger partial charge in [-0.05, 0) is 10.8 Å². The van der Waals surface area contributed by atoms with E-state index in [4.69, 9.17) is 0 Å². The average Bonchev–Trinajstić information content (AvgIpc) is 2.00. The molecule has 0 saturated carbocycles. The SMILES string of the molecule is [NaH].c1ccccsccc1. The van der Waals surface area contributed by atoms with E-state index >= 15 is 0 Å². The van der Waals surface area contributed by atoms with Crippen molar-refractivity contribution < 1.29 is 0 Å². The van der Waals surface area contributed by atoms with Crippen LogP contribution in [0.4, 0.5) is 0 Å². The largest absolute Gasteiger partial charge is 0.152 e. The van der Waals surface area contributed by atoms with Gasteiger partial charge in [-0.25, -0.2) is 0 Å². The summed E-state index contributed by atoms with van der Waals surface area (Å²) in [6.45, 7) is 0. The van der Waals surface area contributed by atoms with Gasteiger partial charge >= 0.3 is 29.6 Å². The second-order valence-electron chi connectivity index (χ2n) is 1.56. The smallest absolute Gasteiger partial charge is 0.00937 e. The van der Waals surface area contributed by atoms with Crippen LogP contribution in [-0.4, -0.2) is 29.6 Å². The van der Waals surface area contributed by atoms with Gasteiger partial charge in [0.15, 0.2) is 0 Å². The molecule has 1 heterocycles. The second kappa shape index (κ2) is 7.29. The van der Waals surface area contributed by atoms with Gasteiger partial charge in [-0.3, -0.25) is 0 Å². The van der Waals surface area contributed by atoms with Crippen LogP contribution in [0.25, 0.3) is 0 Å². The Morgan fingerprint density at radius 2 is 1.00 bits per heavy atom. The minimum Gasteiger partial charge on any atom is -0.152 e. The van der Waals surface area contributed by atoms with Crippen LogP contribution >= 0.6 is 11.3 Å². The van der Waals surface area contributed by atoms with Crippen molar-refractivity contribution in [3.05, 3.63) is 47.2 Å². The van der Waals surface area contributed by atoms with Gasteiger partial charge in [0.1, 0.15) is 0 Å². The molecule has 0 atom stereocenters. The van der Waals surface area contributed by atoms with Crippen LogP contribution in [0.15, 0.2) is 47.2 Å². The van der Waals surface area contributed by atoms with Crippen LogP contribution in [-0.2, 0) is 0 Å². The summed E-state index contributed by atoms with van der Waals surface area (Å²) in [7, 11) is 0. The Balaban J connectivity index is 0.000000810. The van der Waals surface area contributed by atoms with Gasteiger partial charge in [-0.1, -0.05) is 36.4 Å². The summed E-state index contributed by atoms with van der Waals surface area (Å²) in [5.74, 6) is 0. The molecule has 0 bridgehead atoms. The first kappa shape index (κ1) is 10.2. The van der Waals surface area contributed by atoms with E-state index in [-0.39, 0.29) is 29.6 Å². The molecule has 0 spiro atoms. The number of hydrogen-bond donors (Lipinski definition) is 0. The molecular formula is C8H9NaS. The molecule has 0 aliphatic rings.